The van der Waals surface area contributed by atoms with Crippen LogP contribution in [0.4, 0.5) is 0 Å². The Morgan fingerprint density at radius 2 is 1.72 bits per heavy atom. The van der Waals surface area contributed by atoms with Crippen molar-refractivity contribution in [2.24, 2.45) is 0 Å². The summed E-state index contributed by atoms with van der Waals surface area (Å²) in [6.45, 7) is 0.677. The molecule has 2 heterocycles. The van der Waals surface area contributed by atoms with Gasteiger partial charge in [-0.15, -0.1) is 0 Å². The van der Waals surface area contributed by atoms with Crippen molar-refractivity contribution in [3.63, 3.8) is 0 Å². The van der Waals surface area contributed by atoms with E-state index in [0.717, 1.165) is 23.2 Å². The predicted octanol–water partition coefficient (Wildman–Crippen LogP) is 3.86. The van der Waals surface area contributed by atoms with Crippen LogP contribution in [0, 0.1) is 0 Å². The number of para-hydroxylation sites is 1. The maximum atomic E-state index is 6.11. The summed E-state index contributed by atoms with van der Waals surface area (Å²) in [5, 5.41) is 1.26. The molecule has 1 aliphatic rings. The van der Waals surface area contributed by atoms with Gasteiger partial charge in [0.2, 0.25) is 5.75 Å². The fourth-order valence-electron chi connectivity index (χ4n) is 3.59. The normalized spacial score (nSPS) is 16.5. The van der Waals surface area contributed by atoms with Crippen molar-refractivity contribution in [2.75, 3.05) is 27.9 Å². The fraction of sp³-hybridized carbons (Fsp3) is 0.300. The highest BCUT2D eigenvalue weighted by Crippen LogP contribution is 2.43. The third-order valence-electron chi connectivity index (χ3n) is 4.74. The summed E-state index contributed by atoms with van der Waals surface area (Å²) < 4.78 is 22.5. The van der Waals surface area contributed by atoms with Gasteiger partial charge in [-0.05, 0) is 35.7 Å². The Labute approximate surface area is 146 Å². The van der Waals surface area contributed by atoms with Crippen molar-refractivity contribution in [1.82, 2.24) is 4.98 Å². The van der Waals surface area contributed by atoms with Crippen LogP contribution >= 0.6 is 0 Å². The number of methoxy groups -OCH3 is 3. The lowest BCUT2D eigenvalue weighted by molar-refractivity contribution is 0.0673. The van der Waals surface area contributed by atoms with Crippen molar-refractivity contribution in [3.05, 3.63) is 53.2 Å². The van der Waals surface area contributed by atoms with Crippen molar-refractivity contribution >= 4 is 10.9 Å². The van der Waals surface area contributed by atoms with Gasteiger partial charge in [0.1, 0.15) is 6.10 Å². The van der Waals surface area contributed by atoms with E-state index >= 15 is 0 Å². The van der Waals surface area contributed by atoms with Gasteiger partial charge < -0.3 is 23.9 Å². The van der Waals surface area contributed by atoms with E-state index in [9.17, 15) is 0 Å². The third kappa shape index (κ3) is 2.51. The zero-order chi connectivity index (χ0) is 17.4. The van der Waals surface area contributed by atoms with Gasteiger partial charge in [0.15, 0.2) is 11.5 Å². The quantitative estimate of drug-likeness (QED) is 0.784. The Hall–Kier alpha value is -2.66. The smallest absolute Gasteiger partial charge is 0.203 e. The van der Waals surface area contributed by atoms with E-state index in [4.69, 9.17) is 18.9 Å². The van der Waals surface area contributed by atoms with Gasteiger partial charge in [-0.3, -0.25) is 0 Å². The van der Waals surface area contributed by atoms with Gasteiger partial charge in [-0.1, -0.05) is 18.2 Å². The van der Waals surface area contributed by atoms with E-state index in [2.05, 4.69) is 23.2 Å². The Morgan fingerprint density at radius 3 is 2.40 bits per heavy atom. The molecule has 5 nitrogen and oxygen atoms in total. The molecule has 130 valence electrons. The molecule has 1 aliphatic heterocycles. The summed E-state index contributed by atoms with van der Waals surface area (Å²) in [4.78, 5) is 3.53. The minimum absolute atomic E-state index is 0.190. The molecule has 0 radical (unpaired) electrons. The molecule has 2 aromatic carbocycles. The van der Waals surface area contributed by atoms with E-state index in [1.165, 1.54) is 10.9 Å². The van der Waals surface area contributed by atoms with Crippen LogP contribution in [0.3, 0.4) is 0 Å². The topological polar surface area (TPSA) is 52.7 Å². The zero-order valence-corrected chi connectivity index (χ0v) is 14.6. The van der Waals surface area contributed by atoms with Gasteiger partial charge in [-0.25, -0.2) is 0 Å². The monoisotopic (exact) mass is 339 g/mol. The molecule has 1 atom stereocenters. The average Bonchev–Trinajstić information content (AvgIpc) is 3.05. The lowest BCUT2D eigenvalue weighted by Crippen LogP contribution is -2.17. The van der Waals surface area contributed by atoms with Crippen LogP contribution < -0.4 is 14.2 Å². The standard InChI is InChI=1S/C20H21NO4/c1-22-16-10-12(11-17(23-2)20(16)24-3)19-18-14(8-9-25-19)13-6-4-5-7-15(13)21-18/h4-7,10-11,19,21H,8-9H2,1-3H3. The number of nitrogens with one attached hydrogen (secondary N) is 1. The van der Waals surface area contributed by atoms with Crippen LogP contribution in [0.25, 0.3) is 10.9 Å². The molecule has 4 rings (SSSR count). The second kappa shape index (κ2) is 6.33. The summed E-state index contributed by atoms with van der Waals surface area (Å²) in [6, 6.07) is 12.3. The number of H-pyrrole nitrogens is 1. The second-order valence-corrected chi connectivity index (χ2v) is 6.02. The lowest BCUT2D eigenvalue weighted by atomic mass is 9.97. The fourth-order valence-corrected chi connectivity index (χ4v) is 3.59. The minimum atomic E-state index is -0.190. The largest absolute Gasteiger partial charge is 0.493 e. The van der Waals surface area contributed by atoms with E-state index in [1.54, 1.807) is 21.3 Å². The first-order valence-corrected chi connectivity index (χ1v) is 8.27. The highest BCUT2D eigenvalue weighted by molar-refractivity contribution is 5.85. The maximum Gasteiger partial charge on any atom is 0.203 e. The van der Waals surface area contributed by atoms with Crippen LogP contribution in [-0.4, -0.2) is 32.9 Å². The molecule has 0 amide bonds. The molecule has 1 aromatic heterocycles. The maximum absolute atomic E-state index is 6.11. The molecule has 5 heteroatoms. The molecule has 0 bridgehead atoms. The van der Waals surface area contributed by atoms with E-state index in [0.29, 0.717) is 23.9 Å². The zero-order valence-electron chi connectivity index (χ0n) is 14.6. The molecule has 0 aliphatic carbocycles. The molecule has 0 saturated carbocycles. The third-order valence-corrected chi connectivity index (χ3v) is 4.74. The summed E-state index contributed by atoms with van der Waals surface area (Å²) in [7, 11) is 4.85. The minimum Gasteiger partial charge on any atom is -0.493 e. The number of hydrogen-bond donors (Lipinski definition) is 1. The first-order valence-electron chi connectivity index (χ1n) is 8.27. The highest BCUT2D eigenvalue weighted by atomic mass is 16.5. The molecule has 1 N–H and O–H groups in total. The molecule has 1 unspecified atom stereocenters. The number of fused-ring (bicyclic) bond motifs is 3. The summed E-state index contributed by atoms with van der Waals surface area (Å²) in [5.41, 5.74) is 4.53. The number of aromatic amines is 1. The van der Waals surface area contributed by atoms with Crippen LogP contribution in [-0.2, 0) is 11.2 Å². The summed E-state index contributed by atoms with van der Waals surface area (Å²) in [6.07, 6.45) is 0.713. The molecular formula is C20H21NO4. The second-order valence-electron chi connectivity index (χ2n) is 6.02. The Balaban J connectivity index is 1.87. The van der Waals surface area contributed by atoms with Crippen molar-refractivity contribution in [2.45, 2.75) is 12.5 Å². The number of hydrogen-bond acceptors (Lipinski definition) is 4. The Bertz CT molecular complexity index is 890. The van der Waals surface area contributed by atoms with Gasteiger partial charge in [0.25, 0.3) is 0 Å². The highest BCUT2D eigenvalue weighted by Gasteiger charge is 2.28. The van der Waals surface area contributed by atoms with E-state index < -0.39 is 0 Å². The first kappa shape index (κ1) is 15.8. The molecular weight excluding hydrogens is 318 g/mol. The van der Waals surface area contributed by atoms with Crippen molar-refractivity contribution in [1.29, 1.82) is 0 Å². The molecule has 25 heavy (non-hydrogen) atoms. The predicted molar refractivity (Wildman–Crippen MR) is 95.9 cm³/mol. The lowest BCUT2D eigenvalue weighted by Gasteiger charge is -2.25. The van der Waals surface area contributed by atoms with Gasteiger partial charge in [0.05, 0.1) is 33.6 Å². The summed E-state index contributed by atoms with van der Waals surface area (Å²) >= 11 is 0. The summed E-state index contributed by atoms with van der Waals surface area (Å²) in [5.74, 6) is 1.84. The average molecular weight is 339 g/mol. The number of benzene rings is 2. The number of rotatable bonds is 4. The van der Waals surface area contributed by atoms with E-state index in [-0.39, 0.29) is 6.10 Å². The van der Waals surface area contributed by atoms with E-state index in [1.807, 2.05) is 18.2 Å². The van der Waals surface area contributed by atoms with Gasteiger partial charge in [0, 0.05) is 10.9 Å². The molecule has 0 saturated heterocycles. The Morgan fingerprint density at radius 1 is 1.00 bits per heavy atom. The van der Waals surface area contributed by atoms with Crippen LogP contribution in [0.1, 0.15) is 22.9 Å². The van der Waals surface area contributed by atoms with Gasteiger partial charge in [-0.2, -0.15) is 0 Å². The van der Waals surface area contributed by atoms with Gasteiger partial charge >= 0.3 is 0 Å². The molecule has 0 fully saturated rings. The molecule has 3 aromatic rings. The molecule has 0 spiro atoms. The van der Waals surface area contributed by atoms with Crippen molar-refractivity contribution < 1.29 is 18.9 Å². The van der Waals surface area contributed by atoms with Crippen LogP contribution in [0.2, 0.25) is 0 Å². The van der Waals surface area contributed by atoms with Crippen LogP contribution in [0.5, 0.6) is 17.2 Å². The Kier molecular flexibility index (Phi) is 4.01. The first-order chi connectivity index (χ1) is 12.3. The van der Waals surface area contributed by atoms with Crippen LogP contribution in [0.15, 0.2) is 36.4 Å². The number of ether oxygens (including phenoxy) is 4. The number of aromatic nitrogens is 1. The van der Waals surface area contributed by atoms with Crippen molar-refractivity contribution in [3.8, 4) is 17.2 Å². The SMILES string of the molecule is COc1cc(C2OCCc3c2[nH]c2ccccc32)cc(OC)c1OC.